The van der Waals surface area contributed by atoms with Crippen LogP contribution in [0.1, 0.15) is 60.3 Å². The first kappa shape index (κ1) is 65.6. The van der Waals surface area contributed by atoms with Gasteiger partial charge in [-0.15, -0.1) is 0 Å². The van der Waals surface area contributed by atoms with Gasteiger partial charge in [0.25, 0.3) is 5.91 Å². The topological polar surface area (TPSA) is 405 Å². The summed E-state index contributed by atoms with van der Waals surface area (Å²) in [5, 5.41) is 67.8. The van der Waals surface area contributed by atoms with Crippen LogP contribution < -0.4 is 21.3 Å². The molecule has 435 valence electrons. The largest absolute Gasteiger partial charge is 0.481 e. The molecule has 2 aromatic carbocycles. The Hall–Kier alpha value is -6.94. The molecule has 5 amide bonds. The number of carboxylic acid groups (broad SMARTS) is 6. The predicted molar refractivity (Wildman–Crippen MR) is 277 cm³/mol. The molecule has 1 fully saturated rings. The van der Waals surface area contributed by atoms with Crippen molar-refractivity contribution >= 4 is 82.1 Å². The van der Waals surface area contributed by atoms with Gasteiger partial charge in [0.05, 0.1) is 50.2 Å². The number of H-pyrrole nitrogens is 1. The van der Waals surface area contributed by atoms with E-state index >= 15 is 0 Å². The normalized spacial score (nSPS) is 16.6. The van der Waals surface area contributed by atoms with Gasteiger partial charge in [0.15, 0.2) is 0 Å². The summed E-state index contributed by atoms with van der Waals surface area (Å²) in [7, 11) is 1.61. The summed E-state index contributed by atoms with van der Waals surface area (Å²) < 4.78 is 0. The quantitative estimate of drug-likeness (QED) is 0.0372. The number of rotatable bonds is 27. The number of nitrogens with one attached hydrogen (secondary N) is 5. The van der Waals surface area contributed by atoms with Crippen molar-refractivity contribution < 1.29 is 124 Å². The zero-order chi connectivity index (χ0) is 57.8. The molecular weight excluding hydrogens is 1190 g/mol. The summed E-state index contributed by atoms with van der Waals surface area (Å²) in [5.74, 6) is -10.4. The maximum absolute atomic E-state index is 13.9. The minimum absolute atomic E-state index is 0. The van der Waals surface area contributed by atoms with Crippen LogP contribution >= 0.6 is 0 Å². The molecule has 2 aliphatic heterocycles. The summed E-state index contributed by atoms with van der Waals surface area (Å²) in [4.78, 5) is 156. The SMILES string of the molecule is CN(Cc1nc2ccccc2[nH]1)C(=O)c1ccc2c(c1)CN(CCCNC(=O)[C@H](CCC(=O)O)NC(=O)[C@H](CCC(=O)O)NC(=O)CN1CCN(CC(=O)O)CCN(CC(=O)O)CCN(CC(=O)O)CC1)C(=O)[C@H](CC(=O)O)N2.[147Pm]. The Balaban J connectivity index is 0.0000138. The smallest absolute Gasteiger partial charge is 0.317 e. The summed E-state index contributed by atoms with van der Waals surface area (Å²) in [6.07, 6.45) is -2.64. The molecule has 0 saturated carbocycles. The molecule has 3 aromatic rings. The van der Waals surface area contributed by atoms with Crippen molar-refractivity contribution in [1.29, 1.82) is 0 Å². The number of aliphatic carboxylic acids is 6. The molecule has 30 heteroatoms. The number of amides is 5. The van der Waals surface area contributed by atoms with Gasteiger partial charge in [0.2, 0.25) is 23.6 Å². The van der Waals surface area contributed by atoms with Crippen LogP contribution in [0, 0.1) is 40.4 Å². The van der Waals surface area contributed by atoms with Gasteiger partial charge in [-0.25, -0.2) is 4.98 Å². The molecule has 2 aliphatic rings. The second-order valence-electron chi connectivity index (χ2n) is 19.3. The Bertz CT molecular complexity index is 2650. The third-order valence-electron chi connectivity index (χ3n) is 13.1. The van der Waals surface area contributed by atoms with E-state index in [4.69, 9.17) is 0 Å². The van der Waals surface area contributed by atoms with E-state index in [0.29, 0.717) is 17.1 Å². The molecule has 1 radical (unpaired) electrons. The number of fused-ring (bicyclic) bond motifs is 2. The summed E-state index contributed by atoms with van der Waals surface area (Å²) in [5.41, 5.74) is 2.76. The van der Waals surface area contributed by atoms with Gasteiger partial charge in [-0.05, 0) is 55.2 Å². The van der Waals surface area contributed by atoms with E-state index in [1.165, 1.54) is 9.80 Å². The number of hydrogen-bond donors (Lipinski definition) is 11. The predicted octanol–water partition coefficient (Wildman–Crippen LogP) is -1.89. The zero-order valence-electron chi connectivity index (χ0n) is 44.1. The second kappa shape index (κ2) is 32.3. The van der Waals surface area contributed by atoms with Gasteiger partial charge < -0.3 is 66.7 Å². The number of para-hydroxylation sites is 2. The van der Waals surface area contributed by atoms with Crippen molar-refractivity contribution in [1.82, 2.24) is 55.3 Å². The van der Waals surface area contributed by atoms with Crippen LogP contribution in [0.2, 0.25) is 0 Å². The number of hydrogen-bond acceptors (Lipinski definition) is 17. The van der Waals surface area contributed by atoms with Crippen LogP contribution in [-0.2, 0) is 61.0 Å². The number of aromatic amines is 1. The third kappa shape index (κ3) is 21.9. The molecule has 1 aromatic heterocycles. The summed E-state index contributed by atoms with van der Waals surface area (Å²) in [6, 6.07) is 7.86. The van der Waals surface area contributed by atoms with E-state index in [0.717, 1.165) is 11.0 Å². The average molecular weight is 1260 g/mol. The molecular formula is C50H68N12O17Pm. The number of imidazole rings is 1. The molecule has 0 spiro atoms. The van der Waals surface area contributed by atoms with E-state index in [2.05, 4.69) is 31.2 Å². The van der Waals surface area contributed by atoms with E-state index < -0.39 is 129 Å². The van der Waals surface area contributed by atoms with E-state index in [1.54, 1.807) is 44.8 Å². The fraction of sp³-hybridized carbons (Fsp3) is 0.520. The maximum atomic E-state index is 13.9. The molecule has 3 atom stereocenters. The third-order valence-corrected chi connectivity index (χ3v) is 13.1. The molecule has 0 unspecified atom stereocenters. The Morgan fingerprint density at radius 2 is 1.20 bits per heavy atom. The molecule has 11 N–H and O–H groups in total. The number of carbonyl (C=O) groups is 11. The number of benzene rings is 2. The average Bonchev–Trinajstić information content (AvgIpc) is 3.81. The Morgan fingerprint density at radius 1 is 0.675 bits per heavy atom. The van der Waals surface area contributed by atoms with Gasteiger partial charge >= 0.3 is 35.8 Å². The second-order valence-corrected chi connectivity index (χ2v) is 19.3. The number of nitrogens with zero attached hydrogens (tertiary/aromatic N) is 7. The van der Waals surface area contributed by atoms with Crippen molar-refractivity contribution in [2.45, 2.75) is 69.7 Å². The van der Waals surface area contributed by atoms with Crippen LogP contribution in [0.15, 0.2) is 42.5 Å². The van der Waals surface area contributed by atoms with Crippen LogP contribution in [0.25, 0.3) is 11.0 Å². The van der Waals surface area contributed by atoms with E-state index in [9.17, 15) is 83.4 Å². The Kier molecular flexibility index (Phi) is 26.5. The number of carbonyl (C=O) groups excluding carboxylic acids is 5. The van der Waals surface area contributed by atoms with Crippen LogP contribution in [0.5, 0.6) is 0 Å². The summed E-state index contributed by atoms with van der Waals surface area (Å²) >= 11 is 0. The van der Waals surface area contributed by atoms with Gasteiger partial charge in [-0.1, -0.05) is 12.1 Å². The van der Waals surface area contributed by atoms with Crippen molar-refractivity contribution in [3.05, 3.63) is 59.4 Å². The van der Waals surface area contributed by atoms with Crippen molar-refractivity contribution in [3.8, 4) is 0 Å². The Labute approximate surface area is 491 Å². The van der Waals surface area contributed by atoms with Crippen LogP contribution in [0.3, 0.4) is 0 Å². The van der Waals surface area contributed by atoms with E-state index in [-0.39, 0.29) is 143 Å². The fourth-order valence-electron chi connectivity index (χ4n) is 9.03. The minimum atomic E-state index is -1.57. The zero-order valence-corrected chi connectivity index (χ0v) is 47.0. The van der Waals surface area contributed by atoms with Gasteiger partial charge in [0.1, 0.15) is 23.9 Å². The first-order valence-electron chi connectivity index (χ1n) is 25.5. The molecule has 29 nitrogen and oxygen atoms in total. The molecule has 0 bridgehead atoms. The molecule has 5 rings (SSSR count). The van der Waals surface area contributed by atoms with Gasteiger partial charge in [-0.2, -0.15) is 0 Å². The molecule has 0 aliphatic carbocycles. The first-order chi connectivity index (χ1) is 37.5. The van der Waals surface area contributed by atoms with Crippen LogP contribution in [-0.4, -0.2) is 252 Å². The van der Waals surface area contributed by atoms with Crippen molar-refractivity contribution in [2.24, 2.45) is 0 Å². The summed E-state index contributed by atoms with van der Waals surface area (Å²) in [6.45, 7) is -0.987. The van der Waals surface area contributed by atoms with Gasteiger partial charge in [0, 0.05) is 144 Å². The number of aromatic nitrogens is 2. The maximum Gasteiger partial charge on any atom is 0.317 e. The van der Waals surface area contributed by atoms with Crippen molar-refractivity contribution in [3.63, 3.8) is 0 Å². The van der Waals surface area contributed by atoms with Crippen molar-refractivity contribution in [2.75, 3.05) is 104 Å². The monoisotopic (exact) mass is 1260 g/mol. The number of carboxylic acids is 6. The fourth-order valence-corrected chi connectivity index (χ4v) is 9.03. The van der Waals surface area contributed by atoms with E-state index in [1.807, 2.05) is 24.3 Å². The molecule has 1 saturated heterocycles. The first-order valence-corrected chi connectivity index (χ1v) is 25.5. The molecule has 3 heterocycles. The standard InChI is InChI=1S/C50H68N12O17.Pm/c1-57(26-39-53-34-5-2-3-6-35(34)54-39)49(78)31-7-8-33-32(23-31)25-62(50(79)38(52-33)24-43(68)69)14-4-13-51-47(76)36(9-11-41(64)65)56-48(77)37(10-12-42(66)67)55-40(63)27-58-15-17-59(28-44(70)71)19-21-61(30-46(74)75)22-20-60(18-16-58)29-45(72)73;/h2-3,5-8,23,36-38,52H,4,9-22,24-30H2,1H3,(H,51,76)(H,53,54)(H,55,63)(H,56,77)(H,64,65)(H,66,67)(H,68,69)(H,70,71)(H,72,73)(H,74,75);/t36-,37-,38-;/m0./s1/i;1+2. The van der Waals surface area contributed by atoms with Gasteiger partial charge in [-0.3, -0.25) is 72.3 Å². The number of anilines is 1. The minimum Gasteiger partial charge on any atom is -0.481 e. The Morgan fingerprint density at radius 3 is 1.71 bits per heavy atom. The van der Waals surface area contributed by atoms with Crippen LogP contribution in [0.4, 0.5) is 5.69 Å². The molecule has 80 heavy (non-hydrogen) atoms.